The first-order valence-corrected chi connectivity index (χ1v) is 9.88. The second-order valence-corrected chi connectivity index (χ2v) is 7.13. The topological polar surface area (TPSA) is 97.6 Å². The molecule has 156 valence electrons. The highest BCUT2D eigenvalue weighted by Crippen LogP contribution is 2.41. The summed E-state index contributed by atoms with van der Waals surface area (Å²) in [4.78, 5) is 17.4. The van der Waals surface area contributed by atoms with Crippen molar-refractivity contribution >= 4 is 34.5 Å². The van der Waals surface area contributed by atoms with E-state index in [0.717, 1.165) is 11.8 Å². The largest absolute Gasteiger partial charge is 0.506 e. The van der Waals surface area contributed by atoms with Crippen LogP contribution in [0.4, 0.5) is 5.69 Å². The van der Waals surface area contributed by atoms with Crippen molar-refractivity contribution in [1.82, 2.24) is 0 Å². The van der Waals surface area contributed by atoms with Crippen LogP contribution in [0, 0.1) is 0 Å². The van der Waals surface area contributed by atoms with Gasteiger partial charge in [-0.25, -0.2) is 9.79 Å². The van der Waals surface area contributed by atoms with E-state index in [1.54, 1.807) is 56.5 Å². The van der Waals surface area contributed by atoms with Gasteiger partial charge in [-0.15, -0.1) is 0 Å². The summed E-state index contributed by atoms with van der Waals surface area (Å²) >= 11 is 1.14. The highest BCUT2D eigenvalue weighted by Gasteiger charge is 2.33. The number of aliphatic hydroxyl groups is 1. The van der Waals surface area contributed by atoms with Crippen molar-refractivity contribution in [3.8, 4) is 17.2 Å². The van der Waals surface area contributed by atoms with E-state index < -0.39 is 5.97 Å². The number of phenolic OH excluding ortho intramolecular Hbond substituents is 1. The fourth-order valence-corrected chi connectivity index (χ4v) is 3.75. The predicted octanol–water partition coefficient (Wildman–Crippen LogP) is 4.60. The number of rotatable bonds is 6. The maximum atomic E-state index is 12.5. The van der Waals surface area contributed by atoms with E-state index in [1.807, 2.05) is 0 Å². The number of methoxy groups -OCH3 is 2. The molecule has 3 rings (SSSR count). The van der Waals surface area contributed by atoms with Gasteiger partial charge < -0.3 is 24.4 Å². The van der Waals surface area contributed by atoms with Gasteiger partial charge in [0.1, 0.15) is 22.1 Å². The zero-order chi connectivity index (χ0) is 21.7. The quantitative estimate of drug-likeness (QED) is 0.650. The number of aromatic hydroxyl groups is 1. The zero-order valence-corrected chi connectivity index (χ0v) is 17.5. The molecule has 2 aromatic rings. The molecule has 1 aliphatic heterocycles. The Balaban J connectivity index is 2.01. The van der Waals surface area contributed by atoms with Crippen molar-refractivity contribution in [2.75, 3.05) is 20.8 Å². The molecule has 0 saturated carbocycles. The molecule has 0 atom stereocenters. The molecular weight excluding hydrogens is 406 g/mol. The summed E-state index contributed by atoms with van der Waals surface area (Å²) in [5.41, 5.74) is 1.22. The molecule has 2 N–H and O–H groups in total. The third-order valence-electron chi connectivity index (χ3n) is 4.17. The molecule has 0 amide bonds. The summed E-state index contributed by atoms with van der Waals surface area (Å²) in [6, 6.07) is 11.8. The molecular formula is C22H21NO6S. The summed E-state index contributed by atoms with van der Waals surface area (Å²) in [6.07, 6.45) is 1.65. The summed E-state index contributed by atoms with van der Waals surface area (Å²) < 4.78 is 15.3. The van der Waals surface area contributed by atoms with E-state index in [4.69, 9.17) is 14.2 Å². The Hall–Kier alpha value is -3.39. The van der Waals surface area contributed by atoms with Crippen molar-refractivity contribution in [3.05, 3.63) is 64.3 Å². The summed E-state index contributed by atoms with van der Waals surface area (Å²) in [6.45, 7) is 1.86. The van der Waals surface area contributed by atoms with Gasteiger partial charge in [0.2, 0.25) is 0 Å². The number of benzene rings is 2. The molecule has 30 heavy (non-hydrogen) atoms. The number of ether oxygens (including phenoxy) is 3. The van der Waals surface area contributed by atoms with Crippen LogP contribution >= 0.6 is 11.8 Å². The van der Waals surface area contributed by atoms with Crippen LogP contribution in [0.15, 0.2) is 63.7 Å². The number of aliphatic imine (C=N–C) groups is 1. The molecule has 1 heterocycles. The average molecular weight is 427 g/mol. The van der Waals surface area contributed by atoms with Crippen LogP contribution in [-0.4, -0.2) is 42.1 Å². The van der Waals surface area contributed by atoms with Gasteiger partial charge in [0.05, 0.1) is 31.4 Å². The first kappa shape index (κ1) is 21.3. The molecule has 2 aromatic carbocycles. The lowest BCUT2D eigenvalue weighted by Crippen LogP contribution is -2.12. The number of carbonyl (C=O) groups excluding carboxylic acids is 1. The lowest BCUT2D eigenvalue weighted by atomic mass is 10.1. The Morgan fingerprint density at radius 2 is 1.83 bits per heavy atom. The molecule has 8 heteroatoms. The van der Waals surface area contributed by atoms with E-state index in [-0.39, 0.29) is 23.7 Å². The summed E-state index contributed by atoms with van der Waals surface area (Å²) in [5.74, 6) is 0.111. The average Bonchev–Trinajstić information content (AvgIpc) is 3.03. The van der Waals surface area contributed by atoms with Crippen LogP contribution in [0.3, 0.4) is 0 Å². The van der Waals surface area contributed by atoms with Crippen molar-refractivity contribution in [2.45, 2.75) is 6.92 Å². The first-order valence-electron chi connectivity index (χ1n) is 9.07. The van der Waals surface area contributed by atoms with Crippen LogP contribution in [0.2, 0.25) is 0 Å². The third-order valence-corrected chi connectivity index (χ3v) is 5.19. The minimum atomic E-state index is -0.657. The molecule has 7 nitrogen and oxygen atoms in total. The van der Waals surface area contributed by atoms with Gasteiger partial charge in [-0.2, -0.15) is 0 Å². The number of phenols is 1. The molecule has 0 saturated heterocycles. The minimum Gasteiger partial charge on any atom is -0.506 e. The standard InChI is InChI=1S/C22H21NO6S/c1-4-29-22(26)19-20(25)18(12-13-5-10-17(28-3)16(24)11-13)30-21(19)23-14-6-8-15(27-2)9-7-14/h5-12,24-25H,4H2,1-3H3. The molecule has 0 spiro atoms. The molecule has 0 unspecified atom stereocenters. The summed E-state index contributed by atoms with van der Waals surface area (Å²) in [5, 5.41) is 21.0. The van der Waals surface area contributed by atoms with Gasteiger partial charge in [-0.05, 0) is 55.0 Å². The maximum Gasteiger partial charge on any atom is 0.344 e. The van der Waals surface area contributed by atoms with E-state index in [9.17, 15) is 15.0 Å². The second kappa shape index (κ2) is 9.41. The second-order valence-electron chi connectivity index (χ2n) is 6.10. The maximum absolute atomic E-state index is 12.5. The SMILES string of the molecule is CCOC(=O)C1=C(O)C(=Cc2ccc(OC)c(O)c2)SC1=Nc1ccc(OC)cc1. The van der Waals surface area contributed by atoms with E-state index in [1.165, 1.54) is 13.2 Å². The molecule has 0 aromatic heterocycles. The monoisotopic (exact) mass is 427 g/mol. The van der Waals surface area contributed by atoms with Crippen molar-refractivity contribution in [2.24, 2.45) is 4.99 Å². The zero-order valence-electron chi connectivity index (χ0n) is 16.7. The first-order chi connectivity index (χ1) is 14.5. The molecule has 0 radical (unpaired) electrons. The van der Waals surface area contributed by atoms with Gasteiger partial charge in [0.25, 0.3) is 0 Å². The van der Waals surface area contributed by atoms with E-state index in [0.29, 0.717) is 32.7 Å². The van der Waals surface area contributed by atoms with Crippen LogP contribution < -0.4 is 9.47 Å². The Morgan fingerprint density at radius 1 is 1.10 bits per heavy atom. The van der Waals surface area contributed by atoms with Gasteiger partial charge in [-0.3, -0.25) is 0 Å². The molecule has 0 bridgehead atoms. The van der Waals surface area contributed by atoms with Crippen molar-refractivity contribution in [3.63, 3.8) is 0 Å². The van der Waals surface area contributed by atoms with Gasteiger partial charge in [0.15, 0.2) is 11.5 Å². The van der Waals surface area contributed by atoms with Gasteiger partial charge >= 0.3 is 5.97 Å². The molecule has 0 fully saturated rings. The number of carbonyl (C=O) groups is 1. The van der Waals surface area contributed by atoms with Crippen molar-refractivity contribution in [1.29, 1.82) is 0 Å². The Morgan fingerprint density at radius 3 is 2.43 bits per heavy atom. The lowest BCUT2D eigenvalue weighted by Gasteiger charge is -2.04. The Bertz CT molecular complexity index is 1040. The Labute approximate surface area is 178 Å². The highest BCUT2D eigenvalue weighted by atomic mass is 32.2. The van der Waals surface area contributed by atoms with E-state index in [2.05, 4.69) is 4.99 Å². The number of aliphatic hydroxyl groups excluding tert-OH is 1. The molecule has 1 aliphatic rings. The van der Waals surface area contributed by atoms with Crippen LogP contribution in [0.1, 0.15) is 12.5 Å². The van der Waals surface area contributed by atoms with Crippen LogP contribution in [-0.2, 0) is 9.53 Å². The lowest BCUT2D eigenvalue weighted by molar-refractivity contribution is -0.138. The minimum absolute atomic E-state index is 0.00153. The van der Waals surface area contributed by atoms with Crippen LogP contribution in [0.5, 0.6) is 17.2 Å². The fourth-order valence-electron chi connectivity index (χ4n) is 2.71. The summed E-state index contributed by atoms with van der Waals surface area (Å²) in [7, 11) is 3.03. The molecule has 0 aliphatic carbocycles. The normalized spacial score (nSPS) is 16.2. The number of hydrogen-bond donors (Lipinski definition) is 2. The number of hydrogen-bond acceptors (Lipinski definition) is 8. The number of thioether (sulfide) groups is 1. The van der Waals surface area contributed by atoms with E-state index >= 15 is 0 Å². The van der Waals surface area contributed by atoms with Gasteiger partial charge in [-0.1, -0.05) is 17.8 Å². The van der Waals surface area contributed by atoms with Crippen molar-refractivity contribution < 1.29 is 29.2 Å². The van der Waals surface area contributed by atoms with Crippen LogP contribution in [0.25, 0.3) is 6.08 Å². The number of nitrogens with zero attached hydrogens (tertiary/aromatic N) is 1. The Kier molecular flexibility index (Phi) is 6.68. The third kappa shape index (κ3) is 4.60. The highest BCUT2D eigenvalue weighted by molar-refractivity contribution is 8.18. The van der Waals surface area contributed by atoms with Gasteiger partial charge in [0, 0.05) is 0 Å². The smallest absolute Gasteiger partial charge is 0.344 e. The fraction of sp³-hybridized carbons (Fsp3) is 0.182. The number of esters is 1. The predicted molar refractivity (Wildman–Crippen MR) is 117 cm³/mol.